The second kappa shape index (κ2) is 7.15. The van der Waals surface area contributed by atoms with Crippen LogP contribution in [-0.2, 0) is 6.54 Å². The van der Waals surface area contributed by atoms with Crippen molar-refractivity contribution in [1.29, 1.82) is 0 Å². The van der Waals surface area contributed by atoms with E-state index in [1.165, 1.54) is 41.5 Å². The molecule has 118 valence electrons. The molecule has 0 aliphatic carbocycles. The molecule has 0 amide bonds. The van der Waals surface area contributed by atoms with Gasteiger partial charge in [-0.25, -0.2) is 0 Å². The predicted octanol–water partition coefficient (Wildman–Crippen LogP) is 4.96. The molecule has 0 spiro atoms. The molecule has 1 aromatic carbocycles. The zero-order chi connectivity index (χ0) is 15.5. The number of hydrogen-bond acceptors (Lipinski definition) is 2. The molecule has 2 nitrogen and oxygen atoms in total. The number of anilines is 1. The van der Waals surface area contributed by atoms with Gasteiger partial charge in [-0.15, -0.1) is 0 Å². The van der Waals surface area contributed by atoms with E-state index in [1.54, 1.807) is 0 Å². The van der Waals surface area contributed by atoms with E-state index in [2.05, 4.69) is 72.0 Å². The van der Waals surface area contributed by atoms with Crippen LogP contribution in [0.25, 0.3) is 0 Å². The molecule has 0 saturated carbocycles. The van der Waals surface area contributed by atoms with Crippen molar-refractivity contribution in [2.45, 2.75) is 59.5 Å². The smallest absolute Gasteiger partial charge is 0.0423 e. The Morgan fingerprint density at radius 1 is 1.24 bits per heavy atom. The SMILES string of the molecule is CC(C)NCc1ccc(Br)cc1N1CCCC(C)(C)CC1. The maximum absolute atomic E-state index is 3.64. The normalized spacial score (nSPS) is 18.9. The van der Waals surface area contributed by atoms with Gasteiger partial charge in [-0.1, -0.05) is 49.7 Å². The van der Waals surface area contributed by atoms with Crippen LogP contribution in [0.4, 0.5) is 5.69 Å². The molecule has 21 heavy (non-hydrogen) atoms. The Morgan fingerprint density at radius 3 is 2.71 bits per heavy atom. The van der Waals surface area contributed by atoms with Gasteiger partial charge in [-0.2, -0.15) is 0 Å². The standard InChI is InChI=1S/C18H29BrN2/c1-14(2)20-13-15-6-7-16(19)12-17(15)21-10-5-8-18(3,4)9-11-21/h6-7,12,14,20H,5,8-11,13H2,1-4H3. The molecule has 1 saturated heterocycles. The van der Waals surface area contributed by atoms with Crippen LogP contribution in [0.2, 0.25) is 0 Å². The third-order valence-electron chi connectivity index (χ3n) is 4.43. The molecule has 0 aromatic heterocycles. The summed E-state index contributed by atoms with van der Waals surface area (Å²) < 4.78 is 1.18. The Morgan fingerprint density at radius 2 is 2.00 bits per heavy atom. The van der Waals surface area contributed by atoms with Crippen molar-refractivity contribution in [3.8, 4) is 0 Å². The van der Waals surface area contributed by atoms with Crippen molar-refractivity contribution in [3.05, 3.63) is 28.2 Å². The van der Waals surface area contributed by atoms with Gasteiger partial charge in [0.1, 0.15) is 0 Å². The molecule has 1 heterocycles. The lowest BCUT2D eigenvalue weighted by Gasteiger charge is -2.27. The summed E-state index contributed by atoms with van der Waals surface area (Å²) in [5.41, 5.74) is 3.29. The number of rotatable bonds is 4. The second-order valence-corrected chi connectivity index (χ2v) is 8.23. The zero-order valence-corrected chi connectivity index (χ0v) is 15.5. The summed E-state index contributed by atoms with van der Waals surface area (Å²) in [6.45, 7) is 12.5. The lowest BCUT2D eigenvalue weighted by Crippen LogP contribution is -2.28. The highest BCUT2D eigenvalue weighted by atomic mass is 79.9. The van der Waals surface area contributed by atoms with E-state index in [4.69, 9.17) is 0 Å². The van der Waals surface area contributed by atoms with Crippen molar-refractivity contribution in [3.63, 3.8) is 0 Å². The number of halogens is 1. The Balaban J connectivity index is 2.18. The van der Waals surface area contributed by atoms with E-state index in [-0.39, 0.29) is 0 Å². The minimum atomic E-state index is 0.483. The third-order valence-corrected chi connectivity index (χ3v) is 4.92. The highest BCUT2D eigenvalue weighted by molar-refractivity contribution is 9.10. The van der Waals surface area contributed by atoms with E-state index < -0.39 is 0 Å². The summed E-state index contributed by atoms with van der Waals surface area (Å²) in [7, 11) is 0. The van der Waals surface area contributed by atoms with E-state index in [0.717, 1.165) is 13.1 Å². The molecule has 2 rings (SSSR count). The summed E-state index contributed by atoms with van der Waals surface area (Å²) in [5.74, 6) is 0. The number of nitrogens with zero attached hydrogens (tertiary/aromatic N) is 1. The van der Waals surface area contributed by atoms with E-state index >= 15 is 0 Å². The van der Waals surface area contributed by atoms with Crippen molar-refractivity contribution in [1.82, 2.24) is 5.32 Å². The van der Waals surface area contributed by atoms with Crippen LogP contribution >= 0.6 is 15.9 Å². The van der Waals surface area contributed by atoms with Gasteiger partial charge >= 0.3 is 0 Å². The topological polar surface area (TPSA) is 15.3 Å². The van der Waals surface area contributed by atoms with Gasteiger partial charge in [-0.3, -0.25) is 0 Å². The van der Waals surface area contributed by atoms with Gasteiger partial charge in [0.15, 0.2) is 0 Å². The molecule has 1 aliphatic rings. The number of hydrogen-bond donors (Lipinski definition) is 1. The molecule has 3 heteroatoms. The molecule has 0 radical (unpaired) electrons. The fraction of sp³-hybridized carbons (Fsp3) is 0.667. The van der Waals surface area contributed by atoms with E-state index in [9.17, 15) is 0 Å². The Hall–Kier alpha value is -0.540. The average molecular weight is 353 g/mol. The quantitative estimate of drug-likeness (QED) is 0.823. The molecule has 1 fully saturated rings. The van der Waals surface area contributed by atoms with Crippen LogP contribution in [0.1, 0.15) is 52.5 Å². The first-order valence-corrected chi connectivity index (χ1v) is 8.93. The van der Waals surface area contributed by atoms with Crippen LogP contribution in [0.5, 0.6) is 0 Å². The maximum Gasteiger partial charge on any atom is 0.0423 e. The number of benzene rings is 1. The summed E-state index contributed by atoms with van der Waals surface area (Å²) in [6, 6.07) is 7.22. The van der Waals surface area contributed by atoms with E-state index in [1.807, 2.05) is 0 Å². The minimum Gasteiger partial charge on any atom is -0.371 e. The maximum atomic E-state index is 3.64. The van der Waals surface area contributed by atoms with Gasteiger partial charge in [0, 0.05) is 35.8 Å². The van der Waals surface area contributed by atoms with Crippen LogP contribution in [-0.4, -0.2) is 19.1 Å². The van der Waals surface area contributed by atoms with Gasteiger partial charge in [-0.05, 0) is 42.4 Å². The Bertz CT molecular complexity index is 468. The first-order valence-electron chi connectivity index (χ1n) is 8.14. The molecule has 0 unspecified atom stereocenters. The molecule has 1 aliphatic heterocycles. The largest absolute Gasteiger partial charge is 0.371 e. The first-order chi connectivity index (χ1) is 9.87. The van der Waals surface area contributed by atoms with Gasteiger partial charge in [0.2, 0.25) is 0 Å². The van der Waals surface area contributed by atoms with Crippen molar-refractivity contribution in [2.75, 3.05) is 18.0 Å². The minimum absolute atomic E-state index is 0.483. The molecule has 0 atom stereocenters. The highest BCUT2D eigenvalue weighted by Gasteiger charge is 2.24. The Labute approximate surface area is 138 Å². The lowest BCUT2D eigenvalue weighted by atomic mass is 9.85. The lowest BCUT2D eigenvalue weighted by molar-refractivity contribution is 0.325. The predicted molar refractivity (Wildman–Crippen MR) is 96.0 cm³/mol. The van der Waals surface area contributed by atoms with Crippen LogP contribution in [0.15, 0.2) is 22.7 Å². The number of nitrogens with one attached hydrogen (secondary N) is 1. The molecular weight excluding hydrogens is 324 g/mol. The molecule has 1 N–H and O–H groups in total. The van der Waals surface area contributed by atoms with Gasteiger partial charge in [0.25, 0.3) is 0 Å². The second-order valence-electron chi connectivity index (χ2n) is 7.31. The highest BCUT2D eigenvalue weighted by Crippen LogP contribution is 2.33. The first kappa shape index (κ1) is 16.8. The van der Waals surface area contributed by atoms with Crippen LogP contribution in [0.3, 0.4) is 0 Å². The summed E-state index contributed by atoms with van der Waals surface area (Å²) >= 11 is 3.64. The average Bonchev–Trinajstić information content (AvgIpc) is 2.58. The van der Waals surface area contributed by atoms with Crippen LogP contribution < -0.4 is 10.2 Å². The molecule has 0 bridgehead atoms. The fourth-order valence-corrected chi connectivity index (χ4v) is 3.31. The van der Waals surface area contributed by atoms with Crippen LogP contribution in [0, 0.1) is 5.41 Å². The Kier molecular flexibility index (Phi) is 5.73. The third kappa shape index (κ3) is 5.00. The van der Waals surface area contributed by atoms with Crippen molar-refractivity contribution < 1.29 is 0 Å². The van der Waals surface area contributed by atoms with Gasteiger partial charge < -0.3 is 10.2 Å². The molecular formula is C18H29BrN2. The van der Waals surface area contributed by atoms with Crippen molar-refractivity contribution >= 4 is 21.6 Å². The fourth-order valence-electron chi connectivity index (χ4n) is 2.96. The summed E-state index contributed by atoms with van der Waals surface area (Å²) in [6.07, 6.45) is 3.89. The van der Waals surface area contributed by atoms with E-state index in [0.29, 0.717) is 11.5 Å². The zero-order valence-electron chi connectivity index (χ0n) is 13.9. The monoisotopic (exact) mass is 352 g/mol. The van der Waals surface area contributed by atoms with Crippen molar-refractivity contribution in [2.24, 2.45) is 5.41 Å². The molecule has 1 aromatic rings. The summed E-state index contributed by atoms with van der Waals surface area (Å²) in [5, 5.41) is 3.55. The van der Waals surface area contributed by atoms with Gasteiger partial charge in [0.05, 0.1) is 0 Å². The summed E-state index contributed by atoms with van der Waals surface area (Å²) in [4.78, 5) is 2.58.